The summed E-state index contributed by atoms with van der Waals surface area (Å²) < 4.78 is 26.8. The number of benzene rings is 1. The van der Waals surface area contributed by atoms with Gasteiger partial charge in [-0.25, -0.2) is 8.78 Å². The van der Waals surface area contributed by atoms with Crippen LogP contribution in [0, 0.1) is 11.6 Å². The Morgan fingerprint density at radius 2 is 1.74 bits per heavy atom. The van der Waals surface area contributed by atoms with Crippen LogP contribution in [-0.2, 0) is 0 Å². The lowest BCUT2D eigenvalue weighted by atomic mass is 9.87. The maximum atomic E-state index is 13.4. The van der Waals surface area contributed by atoms with E-state index in [1.807, 2.05) is 0 Å². The minimum atomic E-state index is -0.464. The third kappa shape index (κ3) is 4.00. The van der Waals surface area contributed by atoms with Crippen LogP contribution in [0.1, 0.15) is 56.9 Å². The molecule has 3 heteroatoms. The van der Waals surface area contributed by atoms with E-state index in [1.54, 1.807) is 0 Å². The third-order valence-corrected chi connectivity index (χ3v) is 3.99. The minimum absolute atomic E-state index is 0.235. The quantitative estimate of drug-likeness (QED) is 0.798. The van der Waals surface area contributed by atoms with Gasteiger partial charge in [0.25, 0.3) is 0 Å². The summed E-state index contributed by atoms with van der Waals surface area (Å²) in [6, 6.07) is 4.30. The minimum Gasteiger partial charge on any atom is -0.313 e. The van der Waals surface area contributed by atoms with Gasteiger partial charge in [0.15, 0.2) is 0 Å². The van der Waals surface area contributed by atoms with Crippen LogP contribution >= 0.6 is 0 Å². The van der Waals surface area contributed by atoms with Gasteiger partial charge in [-0.3, -0.25) is 0 Å². The Hall–Kier alpha value is -0.960. The molecule has 1 nitrogen and oxygen atoms in total. The van der Waals surface area contributed by atoms with Gasteiger partial charge in [0.2, 0.25) is 0 Å². The average molecular weight is 267 g/mol. The van der Waals surface area contributed by atoms with Crippen LogP contribution in [0.4, 0.5) is 8.78 Å². The first-order chi connectivity index (χ1) is 9.20. The molecule has 2 unspecified atom stereocenters. The van der Waals surface area contributed by atoms with Crippen molar-refractivity contribution in [3.8, 4) is 0 Å². The van der Waals surface area contributed by atoms with Crippen molar-refractivity contribution in [2.45, 2.75) is 57.4 Å². The van der Waals surface area contributed by atoms with Crippen molar-refractivity contribution < 1.29 is 8.78 Å². The predicted octanol–water partition coefficient (Wildman–Crippen LogP) is 4.38. The van der Waals surface area contributed by atoms with Crippen molar-refractivity contribution in [2.75, 3.05) is 6.54 Å². The van der Waals surface area contributed by atoms with Crippen LogP contribution < -0.4 is 5.32 Å². The van der Waals surface area contributed by atoms with Crippen molar-refractivity contribution in [1.82, 2.24) is 5.32 Å². The van der Waals surface area contributed by atoms with Crippen LogP contribution in [0.15, 0.2) is 18.2 Å². The van der Waals surface area contributed by atoms with Crippen molar-refractivity contribution >= 4 is 0 Å². The van der Waals surface area contributed by atoms with Gasteiger partial charge < -0.3 is 5.32 Å². The molecule has 0 heterocycles. The molecule has 1 aromatic rings. The van der Waals surface area contributed by atoms with Crippen LogP contribution in [-0.4, -0.2) is 12.6 Å². The fourth-order valence-corrected chi connectivity index (χ4v) is 3.07. The first-order valence-electron chi connectivity index (χ1n) is 7.40. The zero-order valence-electron chi connectivity index (χ0n) is 11.6. The van der Waals surface area contributed by atoms with E-state index in [-0.39, 0.29) is 5.92 Å². The van der Waals surface area contributed by atoms with E-state index in [2.05, 4.69) is 12.2 Å². The summed E-state index contributed by atoms with van der Waals surface area (Å²) in [5.74, 6) is -0.693. The largest absolute Gasteiger partial charge is 0.313 e. The van der Waals surface area contributed by atoms with Crippen LogP contribution in [0.2, 0.25) is 0 Å². The van der Waals surface area contributed by atoms with Gasteiger partial charge in [-0.2, -0.15) is 0 Å². The summed E-state index contributed by atoms with van der Waals surface area (Å²) in [7, 11) is 0. The molecule has 0 aromatic heterocycles. The molecule has 0 aliphatic heterocycles. The molecule has 1 fully saturated rings. The van der Waals surface area contributed by atoms with E-state index < -0.39 is 11.6 Å². The monoisotopic (exact) mass is 267 g/mol. The summed E-state index contributed by atoms with van der Waals surface area (Å²) in [5, 5.41) is 3.55. The summed E-state index contributed by atoms with van der Waals surface area (Å²) in [6.07, 6.45) is 6.77. The number of halogens is 2. The molecule has 1 aliphatic rings. The molecule has 0 spiro atoms. The van der Waals surface area contributed by atoms with Gasteiger partial charge in [-0.05, 0) is 49.4 Å². The highest BCUT2D eigenvalue weighted by Gasteiger charge is 2.25. The average Bonchev–Trinajstić information content (AvgIpc) is 2.60. The van der Waals surface area contributed by atoms with Gasteiger partial charge in [0.05, 0.1) is 0 Å². The predicted molar refractivity (Wildman–Crippen MR) is 74.3 cm³/mol. The lowest BCUT2D eigenvalue weighted by molar-refractivity contribution is 0.408. The molecule has 1 saturated carbocycles. The molecule has 0 radical (unpaired) electrons. The molecule has 19 heavy (non-hydrogen) atoms. The van der Waals surface area contributed by atoms with Crippen LogP contribution in [0.5, 0.6) is 0 Å². The fraction of sp³-hybridized carbons (Fsp3) is 0.625. The maximum absolute atomic E-state index is 13.4. The van der Waals surface area contributed by atoms with Crippen LogP contribution in [0.3, 0.4) is 0 Å². The number of hydrogen-bond donors (Lipinski definition) is 1. The smallest absolute Gasteiger partial charge is 0.126 e. The van der Waals surface area contributed by atoms with E-state index in [4.69, 9.17) is 0 Å². The first-order valence-corrected chi connectivity index (χ1v) is 7.40. The summed E-state index contributed by atoms with van der Waals surface area (Å²) in [5.41, 5.74) is 0.813. The van der Waals surface area contributed by atoms with Crippen molar-refractivity contribution in [2.24, 2.45) is 0 Å². The zero-order chi connectivity index (χ0) is 13.7. The van der Waals surface area contributed by atoms with E-state index in [0.29, 0.717) is 6.04 Å². The van der Waals surface area contributed by atoms with Gasteiger partial charge in [-0.15, -0.1) is 0 Å². The fourth-order valence-electron chi connectivity index (χ4n) is 3.07. The lowest BCUT2D eigenvalue weighted by Gasteiger charge is -2.26. The van der Waals surface area contributed by atoms with Gasteiger partial charge in [-0.1, -0.05) is 26.2 Å². The normalized spacial score (nSPS) is 24.2. The molecule has 1 aromatic carbocycles. The lowest BCUT2D eigenvalue weighted by Crippen LogP contribution is -2.34. The Morgan fingerprint density at radius 1 is 1.05 bits per heavy atom. The summed E-state index contributed by atoms with van der Waals surface area (Å²) in [4.78, 5) is 0. The molecule has 0 saturated heterocycles. The van der Waals surface area contributed by atoms with E-state index in [0.717, 1.165) is 43.9 Å². The molecular formula is C16H23F2N. The topological polar surface area (TPSA) is 12.0 Å². The van der Waals surface area contributed by atoms with Crippen LogP contribution in [0.25, 0.3) is 0 Å². The Morgan fingerprint density at radius 3 is 2.42 bits per heavy atom. The zero-order valence-corrected chi connectivity index (χ0v) is 11.6. The molecular weight excluding hydrogens is 244 g/mol. The molecule has 1 N–H and O–H groups in total. The summed E-state index contributed by atoms with van der Waals surface area (Å²) in [6.45, 7) is 3.11. The van der Waals surface area contributed by atoms with Gasteiger partial charge in [0, 0.05) is 12.1 Å². The Labute approximate surface area is 114 Å². The van der Waals surface area contributed by atoms with Gasteiger partial charge >= 0.3 is 0 Å². The maximum Gasteiger partial charge on any atom is 0.126 e. The number of hydrogen-bond acceptors (Lipinski definition) is 1. The second-order valence-corrected chi connectivity index (χ2v) is 5.51. The number of rotatable bonds is 4. The highest BCUT2D eigenvalue weighted by molar-refractivity contribution is 5.24. The van der Waals surface area contributed by atoms with Crippen molar-refractivity contribution in [3.05, 3.63) is 35.4 Å². The second kappa shape index (κ2) is 6.99. The van der Waals surface area contributed by atoms with E-state index >= 15 is 0 Å². The molecule has 0 amide bonds. The standard InChI is InChI=1S/C16H23F2N/c1-2-8-19-16-7-5-3-4-6-15(16)12-9-13(17)11-14(18)10-12/h9-11,15-16,19H,2-8H2,1H3. The Bertz CT molecular complexity index is 385. The Kier molecular flexibility index (Phi) is 5.32. The first kappa shape index (κ1) is 14.4. The summed E-state index contributed by atoms with van der Waals surface area (Å²) >= 11 is 0. The molecule has 2 rings (SSSR count). The Balaban J connectivity index is 2.20. The van der Waals surface area contributed by atoms with Gasteiger partial charge in [0.1, 0.15) is 11.6 Å². The molecule has 0 bridgehead atoms. The highest BCUT2D eigenvalue weighted by atomic mass is 19.1. The third-order valence-electron chi connectivity index (χ3n) is 3.99. The second-order valence-electron chi connectivity index (χ2n) is 5.51. The highest BCUT2D eigenvalue weighted by Crippen LogP contribution is 2.32. The van der Waals surface area contributed by atoms with E-state index in [1.165, 1.54) is 25.0 Å². The molecule has 1 aliphatic carbocycles. The van der Waals surface area contributed by atoms with Crippen molar-refractivity contribution in [1.29, 1.82) is 0 Å². The van der Waals surface area contributed by atoms with Crippen molar-refractivity contribution in [3.63, 3.8) is 0 Å². The molecule has 2 atom stereocenters. The van der Waals surface area contributed by atoms with E-state index in [9.17, 15) is 8.78 Å². The number of nitrogens with one attached hydrogen (secondary N) is 1. The SMILES string of the molecule is CCCNC1CCCCCC1c1cc(F)cc(F)c1. The molecule has 106 valence electrons.